The summed E-state index contributed by atoms with van der Waals surface area (Å²) in [5.74, 6) is 0.293. The van der Waals surface area contributed by atoms with Crippen LogP contribution in [0.5, 0.6) is 5.75 Å². The molecule has 8 heteroatoms. The van der Waals surface area contributed by atoms with Crippen molar-refractivity contribution in [2.24, 2.45) is 0 Å². The second kappa shape index (κ2) is 7.94. The zero-order valence-corrected chi connectivity index (χ0v) is 13.2. The lowest BCUT2D eigenvalue weighted by Gasteiger charge is -2.08. The van der Waals surface area contributed by atoms with E-state index in [2.05, 4.69) is 15.7 Å². The number of hydrogen-bond donors (Lipinski definition) is 2. The number of hydrogen-bond acceptors (Lipinski definition) is 4. The molecule has 1 atom stereocenters. The molecule has 23 heavy (non-hydrogen) atoms. The summed E-state index contributed by atoms with van der Waals surface area (Å²) in [6.07, 6.45) is 2.89. The zero-order valence-electron chi connectivity index (χ0n) is 12.4. The Morgan fingerprint density at radius 2 is 2.17 bits per heavy atom. The SMILES string of the molecule is Cl.O=C(COc1ccc(F)cc1)Nc1ccn(C2CCNC2)n1. The summed E-state index contributed by atoms with van der Waals surface area (Å²) in [5, 5.41) is 10.3. The molecule has 6 nitrogen and oxygen atoms in total. The minimum atomic E-state index is -0.344. The third-order valence-electron chi connectivity index (χ3n) is 3.47. The summed E-state index contributed by atoms with van der Waals surface area (Å²) >= 11 is 0. The smallest absolute Gasteiger partial charge is 0.263 e. The van der Waals surface area contributed by atoms with Gasteiger partial charge in [-0.2, -0.15) is 5.10 Å². The molecule has 1 aliphatic heterocycles. The number of aromatic nitrogens is 2. The van der Waals surface area contributed by atoms with Crippen molar-refractivity contribution in [3.05, 3.63) is 42.3 Å². The minimum absolute atomic E-state index is 0. The zero-order chi connectivity index (χ0) is 15.4. The summed E-state index contributed by atoms with van der Waals surface area (Å²) in [7, 11) is 0. The Labute approximate surface area is 139 Å². The summed E-state index contributed by atoms with van der Waals surface area (Å²) in [4.78, 5) is 11.8. The molecule has 1 aliphatic rings. The van der Waals surface area contributed by atoms with Gasteiger partial charge in [0.25, 0.3) is 5.91 Å². The van der Waals surface area contributed by atoms with E-state index in [0.717, 1.165) is 19.5 Å². The van der Waals surface area contributed by atoms with E-state index >= 15 is 0 Å². The number of carbonyl (C=O) groups is 1. The number of rotatable bonds is 5. The normalized spacial score (nSPS) is 16.7. The average molecular weight is 341 g/mol. The van der Waals surface area contributed by atoms with Crippen LogP contribution < -0.4 is 15.4 Å². The predicted octanol–water partition coefficient (Wildman–Crippen LogP) is 2.00. The van der Waals surface area contributed by atoms with Gasteiger partial charge in [-0.25, -0.2) is 4.39 Å². The van der Waals surface area contributed by atoms with Gasteiger partial charge in [0.15, 0.2) is 12.4 Å². The number of ether oxygens (including phenoxy) is 1. The summed E-state index contributed by atoms with van der Waals surface area (Å²) < 4.78 is 19.9. The van der Waals surface area contributed by atoms with Crippen LogP contribution >= 0.6 is 12.4 Å². The van der Waals surface area contributed by atoms with Gasteiger partial charge >= 0.3 is 0 Å². The predicted molar refractivity (Wildman–Crippen MR) is 86.5 cm³/mol. The van der Waals surface area contributed by atoms with Gasteiger partial charge in [0, 0.05) is 18.8 Å². The van der Waals surface area contributed by atoms with Crippen molar-refractivity contribution in [1.29, 1.82) is 0 Å². The first kappa shape index (κ1) is 17.2. The lowest BCUT2D eigenvalue weighted by molar-refractivity contribution is -0.118. The molecule has 2 aromatic rings. The highest BCUT2D eigenvalue weighted by atomic mass is 35.5. The highest BCUT2D eigenvalue weighted by Crippen LogP contribution is 2.16. The van der Waals surface area contributed by atoms with E-state index in [1.165, 1.54) is 24.3 Å². The van der Waals surface area contributed by atoms with Crippen LogP contribution in [0, 0.1) is 5.82 Å². The number of nitrogens with one attached hydrogen (secondary N) is 2. The van der Waals surface area contributed by atoms with Crippen LogP contribution in [0.2, 0.25) is 0 Å². The molecule has 3 rings (SSSR count). The van der Waals surface area contributed by atoms with E-state index in [9.17, 15) is 9.18 Å². The van der Waals surface area contributed by atoms with Gasteiger partial charge in [0.1, 0.15) is 11.6 Å². The fourth-order valence-electron chi connectivity index (χ4n) is 2.33. The molecule has 2 N–H and O–H groups in total. The van der Waals surface area contributed by atoms with E-state index < -0.39 is 0 Å². The molecule has 0 spiro atoms. The van der Waals surface area contributed by atoms with E-state index in [1.54, 1.807) is 6.07 Å². The summed E-state index contributed by atoms with van der Waals surface area (Å²) in [5.41, 5.74) is 0. The van der Waals surface area contributed by atoms with Crippen molar-refractivity contribution in [3.8, 4) is 5.75 Å². The molecule has 0 saturated carbocycles. The van der Waals surface area contributed by atoms with Crippen LogP contribution in [0.4, 0.5) is 10.2 Å². The molecular weight excluding hydrogens is 323 g/mol. The molecule has 1 aromatic carbocycles. The lowest BCUT2D eigenvalue weighted by Crippen LogP contribution is -2.21. The molecule has 1 fully saturated rings. The van der Waals surface area contributed by atoms with Crippen LogP contribution in [0.1, 0.15) is 12.5 Å². The second-order valence-corrected chi connectivity index (χ2v) is 5.12. The topological polar surface area (TPSA) is 68.2 Å². The van der Waals surface area contributed by atoms with Crippen LogP contribution in [-0.2, 0) is 4.79 Å². The van der Waals surface area contributed by atoms with Gasteiger partial charge < -0.3 is 15.4 Å². The number of carbonyl (C=O) groups excluding carboxylic acids is 1. The Balaban J connectivity index is 0.00000192. The second-order valence-electron chi connectivity index (χ2n) is 5.12. The molecular formula is C15H18ClFN4O2. The molecule has 2 heterocycles. The molecule has 0 aliphatic carbocycles. The Hall–Kier alpha value is -2.12. The molecule has 1 aromatic heterocycles. The average Bonchev–Trinajstić information content (AvgIpc) is 3.17. The Bertz CT molecular complexity index is 641. The van der Waals surface area contributed by atoms with E-state index in [-0.39, 0.29) is 30.7 Å². The third-order valence-corrected chi connectivity index (χ3v) is 3.47. The maximum Gasteiger partial charge on any atom is 0.263 e. The molecule has 124 valence electrons. The number of benzene rings is 1. The summed E-state index contributed by atoms with van der Waals surface area (Å²) in [6, 6.07) is 7.61. The Morgan fingerprint density at radius 3 is 2.87 bits per heavy atom. The van der Waals surface area contributed by atoms with Crippen molar-refractivity contribution >= 4 is 24.1 Å². The fraction of sp³-hybridized carbons (Fsp3) is 0.333. The first-order valence-corrected chi connectivity index (χ1v) is 7.15. The number of nitrogens with zero attached hydrogens (tertiary/aromatic N) is 2. The monoisotopic (exact) mass is 340 g/mol. The van der Waals surface area contributed by atoms with E-state index in [0.29, 0.717) is 17.6 Å². The van der Waals surface area contributed by atoms with Crippen molar-refractivity contribution in [1.82, 2.24) is 15.1 Å². The molecule has 1 unspecified atom stereocenters. The van der Waals surface area contributed by atoms with Crippen molar-refractivity contribution < 1.29 is 13.9 Å². The first-order valence-electron chi connectivity index (χ1n) is 7.15. The fourth-order valence-corrected chi connectivity index (χ4v) is 2.33. The van der Waals surface area contributed by atoms with Gasteiger partial charge in [-0.1, -0.05) is 0 Å². The van der Waals surface area contributed by atoms with E-state index in [4.69, 9.17) is 4.74 Å². The van der Waals surface area contributed by atoms with Crippen LogP contribution in [0.3, 0.4) is 0 Å². The van der Waals surface area contributed by atoms with Gasteiger partial charge in [0.05, 0.1) is 6.04 Å². The maximum absolute atomic E-state index is 12.8. The number of anilines is 1. The Morgan fingerprint density at radius 1 is 1.39 bits per heavy atom. The highest BCUT2D eigenvalue weighted by molar-refractivity contribution is 5.90. The van der Waals surface area contributed by atoms with Crippen LogP contribution in [-0.4, -0.2) is 35.4 Å². The van der Waals surface area contributed by atoms with Gasteiger partial charge in [-0.15, -0.1) is 12.4 Å². The Kier molecular flexibility index (Phi) is 5.95. The lowest BCUT2D eigenvalue weighted by atomic mass is 10.3. The molecule has 0 bridgehead atoms. The quantitative estimate of drug-likeness (QED) is 0.873. The number of halogens is 2. The first-order chi connectivity index (χ1) is 10.7. The van der Waals surface area contributed by atoms with Crippen LogP contribution in [0.15, 0.2) is 36.5 Å². The molecule has 1 saturated heterocycles. The van der Waals surface area contributed by atoms with Gasteiger partial charge in [-0.05, 0) is 37.2 Å². The standard InChI is InChI=1S/C15H17FN4O2.ClH/c16-11-1-3-13(4-2-11)22-10-15(21)18-14-6-8-20(19-14)12-5-7-17-9-12;/h1-4,6,8,12,17H,5,7,9-10H2,(H,18,19,21);1H. The van der Waals surface area contributed by atoms with Crippen molar-refractivity contribution in [2.75, 3.05) is 25.0 Å². The largest absolute Gasteiger partial charge is 0.484 e. The van der Waals surface area contributed by atoms with Gasteiger partial charge in [0.2, 0.25) is 0 Å². The van der Waals surface area contributed by atoms with Gasteiger partial charge in [-0.3, -0.25) is 9.48 Å². The van der Waals surface area contributed by atoms with Crippen molar-refractivity contribution in [2.45, 2.75) is 12.5 Å². The number of amides is 1. The maximum atomic E-state index is 12.8. The highest BCUT2D eigenvalue weighted by Gasteiger charge is 2.17. The minimum Gasteiger partial charge on any atom is -0.484 e. The van der Waals surface area contributed by atoms with Crippen molar-refractivity contribution in [3.63, 3.8) is 0 Å². The van der Waals surface area contributed by atoms with Crippen LogP contribution in [0.25, 0.3) is 0 Å². The van der Waals surface area contributed by atoms with E-state index in [1.807, 2.05) is 10.9 Å². The summed E-state index contributed by atoms with van der Waals surface area (Å²) in [6.45, 7) is 1.73. The molecule has 1 amide bonds. The molecule has 0 radical (unpaired) electrons. The third kappa shape index (κ3) is 4.67.